The highest BCUT2D eigenvalue weighted by molar-refractivity contribution is 7.15. The molecule has 2 aliphatic rings. The van der Waals surface area contributed by atoms with Crippen molar-refractivity contribution in [1.29, 1.82) is 0 Å². The number of nitrogens with one attached hydrogen (secondary N) is 1. The van der Waals surface area contributed by atoms with Crippen molar-refractivity contribution in [3.8, 4) is 0 Å². The summed E-state index contributed by atoms with van der Waals surface area (Å²) in [5, 5.41) is 12.1. The first-order chi connectivity index (χ1) is 12.6. The van der Waals surface area contributed by atoms with E-state index in [-0.39, 0.29) is 41.4 Å². The summed E-state index contributed by atoms with van der Waals surface area (Å²) in [6.45, 7) is 10.4. The molecule has 3 amide bonds. The maximum absolute atomic E-state index is 13.0. The van der Waals surface area contributed by atoms with E-state index < -0.39 is 5.41 Å². The number of carbonyl (C=O) groups excluding carboxylic acids is 3. The lowest BCUT2D eigenvalue weighted by Crippen LogP contribution is -2.59. The summed E-state index contributed by atoms with van der Waals surface area (Å²) in [6.07, 6.45) is 2.20. The number of aromatic nitrogens is 2. The van der Waals surface area contributed by atoms with Crippen LogP contribution in [0.1, 0.15) is 71.2 Å². The molecule has 2 unspecified atom stereocenters. The molecule has 1 aromatic heterocycles. The molecule has 0 radical (unpaired) electrons. The topological polar surface area (TPSA) is 92.3 Å². The smallest absolute Gasteiger partial charge is 0.235 e. The lowest BCUT2D eigenvalue weighted by Gasteiger charge is -2.47. The van der Waals surface area contributed by atoms with Gasteiger partial charge in [-0.25, -0.2) is 0 Å². The Labute approximate surface area is 163 Å². The first-order valence-corrected chi connectivity index (χ1v) is 10.4. The van der Waals surface area contributed by atoms with E-state index in [1.807, 2.05) is 34.6 Å². The van der Waals surface area contributed by atoms with Gasteiger partial charge in [0, 0.05) is 24.8 Å². The van der Waals surface area contributed by atoms with Crippen LogP contribution >= 0.6 is 11.3 Å². The first-order valence-electron chi connectivity index (χ1n) is 9.57. The van der Waals surface area contributed by atoms with E-state index in [9.17, 15) is 14.4 Å². The van der Waals surface area contributed by atoms with Crippen molar-refractivity contribution in [2.24, 2.45) is 16.7 Å². The van der Waals surface area contributed by atoms with Gasteiger partial charge in [0.1, 0.15) is 5.01 Å². The number of piperidine rings is 1. The Morgan fingerprint density at radius 2 is 2.00 bits per heavy atom. The average molecular weight is 393 g/mol. The normalized spacial score (nSPS) is 26.7. The van der Waals surface area contributed by atoms with Crippen molar-refractivity contribution < 1.29 is 14.4 Å². The minimum Gasteiger partial charge on any atom is -0.301 e. The zero-order valence-corrected chi connectivity index (χ0v) is 17.5. The van der Waals surface area contributed by atoms with Crippen molar-refractivity contribution >= 4 is 34.2 Å². The number of amides is 3. The molecule has 2 heterocycles. The first kappa shape index (κ1) is 19.9. The number of imide groups is 1. The molecule has 1 aromatic rings. The summed E-state index contributed by atoms with van der Waals surface area (Å²) >= 11 is 1.37. The van der Waals surface area contributed by atoms with Gasteiger partial charge in [-0.1, -0.05) is 46.0 Å². The lowest BCUT2D eigenvalue weighted by molar-refractivity contribution is -0.168. The van der Waals surface area contributed by atoms with Crippen LogP contribution in [-0.2, 0) is 14.4 Å². The highest BCUT2D eigenvalue weighted by atomic mass is 32.1. The van der Waals surface area contributed by atoms with Gasteiger partial charge in [0.15, 0.2) is 0 Å². The number of carbonyl (C=O) groups is 3. The van der Waals surface area contributed by atoms with Crippen molar-refractivity contribution in [1.82, 2.24) is 15.1 Å². The van der Waals surface area contributed by atoms with Gasteiger partial charge in [-0.2, -0.15) is 0 Å². The van der Waals surface area contributed by atoms with Crippen LogP contribution < -0.4 is 5.32 Å². The Morgan fingerprint density at radius 3 is 2.63 bits per heavy atom. The average Bonchev–Trinajstić information content (AvgIpc) is 3.11. The van der Waals surface area contributed by atoms with E-state index in [2.05, 4.69) is 15.5 Å². The van der Waals surface area contributed by atoms with Crippen LogP contribution in [0.2, 0.25) is 0 Å². The fraction of sp³-hybridized carbons (Fsp3) is 0.737. The van der Waals surface area contributed by atoms with Crippen molar-refractivity contribution in [2.45, 2.75) is 66.2 Å². The molecule has 2 fully saturated rings. The van der Waals surface area contributed by atoms with E-state index in [4.69, 9.17) is 0 Å². The van der Waals surface area contributed by atoms with E-state index in [0.29, 0.717) is 18.1 Å². The number of likely N-dealkylation sites (tertiary alicyclic amines) is 1. The third kappa shape index (κ3) is 3.28. The van der Waals surface area contributed by atoms with Crippen molar-refractivity contribution in [3.63, 3.8) is 0 Å². The zero-order chi connectivity index (χ0) is 20.0. The second-order valence-electron chi connectivity index (χ2n) is 8.69. The van der Waals surface area contributed by atoms with Crippen molar-refractivity contribution in [3.05, 3.63) is 5.01 Å². The molecule has 1 saturated heterocycles. The van der Waals surface area contributed by atoms with Gasteiger partial charge < -0.3 is 5.32 Å². The highest BCUT2D eigenvalue weighted by Crippen LogP contribution is 2.60. The second-order valence-corrected chi connectivity index (χ2v) is 9.70. The standard InChI is InChI=1S/C19H28N4O3S/c1-11(2)14-21-22-17(27-14)20-13(24)7-6-10-23-15(25)12-8-9-19(5,16(23)26)18(12,3)4/h11-12H,6-10H2,1-5H3,(H,20,22,24). The molecular formula is C19H28N4O3S. The van der Waals surface area contributed by atoms with Crippen molar-refractivity contribution in [2.75, 3.05) is 11.9 Å². The third-order valence-electron chi connectivity index (χ3n) is 6.47. The molecule has 1 aliphatic heterocycles. The predicted molar refractivity (Wildman–Crippen MR) is 103 cm³/mol. The molecule has 148 valence electrons. The van der Waals surface area contributed by atoms with E-state index in [0.717, 1.165) is 17.8 Å². The van der Waals surface area contributed by atoms with Gasteiger partial charge in [-0.15, -0.1) is 10.2 Å². The van der Waals surface area contributed by atoms with Crippen LogP contribution in [0, 0.1) is 16.7 Å². The van der Waals surface area contributed by atoms with Crippen LogP contribution in [-0.4, -0.2) is 39.4 Å². The summed E-state index contributed by atoms with van der Waals surface area (Å²) in [5.74, 6) is -0.175. The maximum atomic E-state index is 13.0. The second kappa shape index (κ2) is 6.96. The molecular weight excluding hydrogens is 364 g/mol. The summed E-state index contributed by atoms with van der Waals surface area (Å²) in [7, 11) is 0. The summed E-state index contributed by atoms with van der Waals surface area (Å²) in [6, 6.07) is 0. The fourth-order valence-electron chi connectivity index (χ4n) is 4.21. The maximum Gasteiger partial charge on any atom is 0.235 e. The fourth-order valence-corrected chi connectivity index (χ4v) is 4.97. The van der Waals surface area contributed by atoms with Gasteiger partial charge in [-0.3, -0.25) is 19.3 Å². The molecule has 7 nitrogen and oxygen atoms in total. The predicted octanol–water partition coefficient (Wildman–Crippen LogP) is 3.19. The molecule has 2 atom stereocenters. The van der Waals surface area contributed by atoms with Crippen LogP contribution in [0.15, 0.2) is 0 Å². The quantitative estimate of drug-likeness (QED) is 0.751. The van der Waals surface area contributed by atoms with Crippen LogP contribution in [0.25, 0.3) is 0 Å². The summed E-state index contributed by atoms with van der Waals surface area (Å²) in [5.41, 5.74) is -0.797. The Hall–Kier alpha value is -1.83. The molecule has 8 heteroatoms. The summed E-state index contributed by atoms with van der Waals surface area (Å²) < 4.78 is 0. The zero-order valence-electron chi connectivity index (χ0n) is 16.7. The number of rotatable bonds is 6. The molecule has 1 N–H and O–H groups in total. The van der Waals surface area contributed by atoms with Crippen LogP contribution in [0.4, 0.5) is 5.13 Å². The third-order valence-corrected chi connectivity index (χ3v) is 7.61. The molecule has 1 saturated carbocycles. The SMILES string of the molecule is CC(C)c1nnc(NC(=O)CCCN2C(=O)C3CCC(C)(C2=O)C3(C)C)s1. The molecule has 27 heavy (non-hydrogen) atoms. The van der Waals surface area contributed by atoms with Gasteiger partial charge in [0.25, 0.3) is 0 Å². The van der Waals surface area contributed by atoms with Crippen LogP contribution in [0.3, 0.4) is 0 Å². The Balaban J connectivity index is 1.55. The molecule has 0 aromatic carbocycles. The molecule has 0 spiro atoms. The minimum absolute atomic E-state index is 0.0777. The number of hydrogen-bond acceptors (Lipinski definition) is 6. The van der Waals surface area contributed by atoms with Gasteiger partial charge in [0.2, 0.25) is 22.9 Å². The number of fused-ring (bicyclic) bond motifs is 2. The highest BCUT2D eigenvalue weighted by Gasteiger charge is 2.64. The molecule has 3 rings (SSSR count). The van der Waals surface area contributed by atoms with Crippen LogP contribution in [0.5, 0.6) is 0 Å². The van der Waals surface area contributed by atoms with Gasteiger partial charge in [-0.05, 0) is 24.7 Å². The number of nitrogens with zero attached hydrogens (tertiary/aromatic N) is 3. The number of hydrogen-bond donors (Lipinski definition) is 1. The van der Waals surface area contributed by atoms with E-state index in [1.54, 1.807) is 0 Å². The molecule has 1 aliphatic carbocycles. The Morgan fingerprint density at radius 1 is 1.30 bits per heavy atom. The lowest BCUT2D eigenvalue weighted by atomic mass is 9.62. The number of anilines is 1. The Bertz CT molecular complexity index is 773. The molecule has 2 bridgehead atoms. The van der Waals surface area contributed by atoms with E-state index in [1.165, 1.54) is 16.2 Å². The summed E-state index contributed by atoms with van der Waals surface area (Å²) in [4.78, 5) is 39.3. The van der Waals surface area contributed by atoms with Gasteiger partial charge in [0.05, 0.1) is 5.41 Å². The van der Waals surface area contributed by atoms with E-state index >= 15 is 0 Å². The monoisotopic (exact) mass is 392 g/mol. The minimum atomic E-state index is -0.492. The largest absolute Gasteiger partial charge is 0.301 e. The van der Waals surface area contributed by atoms with Gasteiger partial charge >= 0.3 is 0 Å². The Kier molecular flexibility index (Phi) is 5.14.